The molecular weight excluding hydrogens is 250 g/mol. The monoisotopic (exact) mass is 259 g/mol. The molecule has 0 atom stereocenters. The van der Waals surface area contributed by atoms with E-state index in [0.717, 1.165) is 0 Å². The molecular formula is C10H10ClNO5. The Morgan fingerprint density at radius 1 is 1.47 bits per heavy atom. The van der Waals surface area contributed by atoms with E-state index in [9.17, 15) is 4.79 Å². The smallest absolute Gasteiger partial charge is 0.341 e. The number of nitrogens with one attached hydrogen (secondary N) is 1. The molecule has 2 rings (SSSR count). The van der Waals surface area contributed by atoms with Crippen LogP contribution in [0, 0.1) is 0 Å². The summed E-state index contributed by atoms with van der Waals surface area (Å²) in [5.74, 6) is -0.149. The second-order valence-electron chi connectivity index (χ2n) is 3.24. The van der Waals surface area contributed by atoms with Crippen molar-refractivity contribution in [2.75, 3.05) is 25.8 Å². The van der Waals surface area contributed by atoms with Gasteiger partial charge >= 0.3 is 5.97 Å². The number of rotatable bonds is 2. The van der Waals surface area contributed by atoms with Gasteiger partial charge in [0, 0.05) is 0 Å². The van der Waals surface area contributed by atoms with E-state index in [1.54, 1.807) is 0 Å². The lowest BCUT2D eigenvalue weighted by molar-refractivity contribution is 0.0590. The maximum Gasteiger partial charge on any atom is 0.341 e. The van der Waals surface area contributed by atoms with Crippen LogP contribution < -0.4 is 15.0 Å². The molecule has 7 heteroatoms. The predicted octanol–water partition coefficient (Wildman–Crippen LogP) is 1.70. The van der Waals surface area contributed by atoms with Crippen LogP contribution in [0.2, 0.25) is 5.02 Å². The van der Waals surface area contributed by atoms with Gasteiger partial charge < -0.3 is 14.2 Å². The van der Waals surface area contributed by atoms with Crippen molar-refractivity contribution in [3.05, 3.63) is 16.7 Å². The summed E-state index contributed by atoms with van der Waals surface area (Å²) < 4.78 is 15.3. The number of ether oxygens (including phenoxy) is 3. The van der Waals surface area contributed by atoms with Gasteiger partial charge in [0.25, 0.3) is 0 Å². The molecule has 0 unspecified atom stereocenters. The summed E-state index contributed by atoms with van der Waals surface area (Å²) in [6, 6.07) is 1.34. The Hall–Kier alpha value is -1.66. The van der Waals surface area contributed by atoms with E-state index in [1.807, 2.05) is 5.48 Å². The highest BCUT2D eigenvalue weighted by atomic mass is 35.5. The Morgan fingerprint density at radius 2 is 2.12 bits per heavy atom. The van der Waals surface area contributed by atoms with Gasteiger partial charge in [0.15, 0.2) is 11.5 Å². The number of anilines is 1. The van der Waals surface area contributed by atoms with Crippen LogP contribution in [0.5, 0.6) is 11.5 Å². The lowest BCUT2D eigenvalue weighted by atomic mass is 10.1. The maximum atomic E-state index is 11.6. The third-order valence-corrected chi connectivity index (χ3v) is 2.65. The van der Waals surface area contributed by atoms with E-state index >= 15 is 0 Å². The lowest BCUT2D eigenvalue weighted by Gasteiger charge is -2.22. The number of esters is 1. The van der Waals surface area contributed by atoms with Crippen LogP contribution in [-0.2, 0) is 4.74 Å². The van der Waals surface area contributed by atoms with Crippen LogP contribution >= 0.6 is 11.6 Å². The molecule has 1 aliphatic rings. The zero-order valence-corrected chi connectivity index (χ0v) is 9.71. The molecule has 0 saturated carbocycles. The number of hydrogen-bond acceptors (Lipinski definition) is 6. The van der Waals surface area contributed by atoms with Crippen LogP contribution in [0.25, 0.3) is 0 Å². The molecule has 0 amide bonds. The lowest BCUT2D eigenvalue weighted by Crippen LogP contribution is -2.19. The van der Waals surface area contributed by atoms with E-state index in [2.05, 4.69) is 4.74 Å². The first kappa shape index (κ1) is 11.8. The van der Waals surface area contributed by atoms with E-state index in [0.29, 0.717) is 13.2 Å². The molecule has 1 aliphatic heterocycles. The molecule has 0 aliphatic carbocycles. The molecule has 1 aromatic carbocycles. The van der Waals surface area contributed by atoms with Crippen LogP contribution in [-0.4, -0.2) is 31.5 Å². The first-order valence-electron chi connectivity index (χ1n) is 4.79. The molecule has 1 heterocycles. The van der Waals surface area contributed by atoms with E-state index in [1.165, 1.54) is 13.2 Å². The Balaban J connectivity index is 2.62. The molecule has 6 nitrogen and oxygen atoms in total. The minimum Gasteiger partial charge on any atom is -0.485 e. The van der Waals surface area contributed by atoms with Crippen LogP contribution in [0.1, 0.15) is 10.4 Å². The van der Waals surface area contributed by atoms with Crippen molar-refractivity contribution in [1.82, 2.24) is 0 Å². The molecule has 0 aromatic heterocycles. The second-order valence-corrected chi connectivity index (χ2v) is 3.62. The molecule has 17 heavy (non-hydrogen) atoms. The average molecular weight is 260 g/mol. The summed E-state index contributed by atoms with van der Waals surface area (Å²) >= 11 is 5.97. The Labute approximate surface area is 102 Å². The standard InChI is InChI=1S/C10H10ClNO5/c1-15-10(13)5-4-6(12-14)7(11)9-8(5)16-2-3-17-9/h4,12,14H,2-3H2,1H3. The first-order chi connectivity index (χ1) is 8.19. The normalized spacial score (nSPS) is 13.1. The number of methoxy groups -OCH3 is 1. The van der Waals surface area contributed by atoms with Crippen LogP contribution in [0.15, 0.2) is 6.07 Å². The highest BCUT2D eigenvalue weighted by molar-refractivity contribution is 6.35. The van der Waals surface area contributed by atoms with Crippen LogP contribution in [0.4, 0.5) is 5.69 Å². The summed E-state index contributed by atoms with van der Waals surface area (Å²) in [5.41, 5.74) is 2.18. The molecule has 92 valence electrons. The van der Waals surface area contributed by atoms with Gasteiger partial charge in [0.05, 0.1) is 12.8 Å². The molecule has 2 N–H and O–H groups in total. The Bertz CT molecular complexity index is 462. The molecule has 0 fully saturated rings. The fraction of sp³-hybridized carbons (Fsp3) is 0.300. The summed E-state index contributed by atoms with van der Waals surface area (Å²) in [5, 5.41) is 9.06. The zero-order valence-electron chi connectivity index (χ0n) is 8.95. The quantitative estimate of drug-likeness (QED) is 0.622. The minimum atomic E-state index is -0.597. The van der Waals surface area contributed by atoms with E-state index in [4.69, 9.17) is 26.3 Å². The van der Waals surface area contributed by atoms with Crippen molar-refractivity contribution < 1.29 is 24.2 Å². The second kappa shape index (κ2) is 4.68. The highest BCUT2D eigenvalue weighted by Gasteiger charge is 2.26. The van der Waals surface area contributed by atoms with Gasteiger partial charge in [0.2, 0.25) is 0 Å². The third kappa shape index (κ3) is 1.96. The molecule has 0 radical (unpaired) electrons. The summed E-state index contributed by atoms with van der Waals surface area (Å²) in [4.78, 5) is 11.6. The number of halogens is 1. The Kier molecular flexibility index (Phi) is 3.26. The van der Waals surface area contributed by atoms with Gasteiger partial charge in [-0.05, 0) is 6.07 Å². The number of carbonyl (C=O) groups excluding carboxylic acids is 1. The van der Waals surface area contributed by atoms with Gasteiger partial charge in [-0.15, -0.1) is 0 Å². The fourth-order valence-electron chi connectivity index (χ4n) is 1.52. The van der Waals surface area contributed by atoms with Gasteiger partial charge in [-0.3, -0.25) is 10.7 Å². The Morgan fingerprint density at radius 3 is 2.71 bits per heavy atom. The average Bonchev–Trinajstić information content (AvgIpc) is 2.38. The van der Waals surface area contributed by atoms with Crippen molar-refractivity contribution in [2.45, 2.75) is 0 Å². The SMILES string of the molecule is COC(=O)c1cc(NO)c(Cl)c2c1OCCO2. The van der Waals surface area contributed by atoms with Gasteiger partial charge in [-0.25, -0.2) is 4.79 Å². The summed E-state index contributed by atoms with van der Waals surface area (Å²) in [6.07, 6.45) is 0. The predicted molar refractivity (Wildman–Crippen MR) is 59.2 cm³/mol. The van der Waals surface area contributed by atoms with Gasteiger partial charge in [0.1, 0.15) is 23.8 Å². The van der Waals surface area contributed by atoms with Crippen LogP contribution in [0.3, 0.4) is 0 Å². The van der Waals surface area contributed by atoms with Gasteiger partial charge in [-0.1, -0.05) is 11.6 Å². The molecule has 0 saturated heterocycles. The highest BCUT2D eigenvalue weighted by Crippen LogP contribution is 2.44. The molecule has 0 spiro atoms. The summed E-state index contributed by atoms with van der Waals surface area (Å²) in [6.45, 7) is 0.640. The summed E-state index contributed by atoms with van der Waals surface area (Å²) in [7, 11) is 1.25. The maximum absolute atomic E-state index is 11.6. The third-order valence-electron chi connectivity index (χ3n) is 2.28. The zero-order chi connectivity index (χ0) is 12.4. The first-order valence-corrected chi connectivity index (χ1v) is 5.17. The largest absolute Gasteiger partial charge is 0.485 e. The van der Waals surface area contributed by atoms with Crippen molar-refractivity contribution in [1.29, 1.82) is 0 Å². The van der Waals surface area contributed by atoms with E-state index in [-0.39, 0.29) is 27.8 Å². The van der Waals surface area contributed by atoms with E-state index < -0.39 is 5.97 Å². The molecule has 0 bridgehead atoms. The van der Waals surface area contributed by atoms with Crippen molar-refractivity contribution in [3.63, 3.8) is 0 Å². The number of carbonyl (C=O) groups is 1. The van der Waals surface area contributed by atoms with Crippen molar-refractivity contribution in [3.8, 4) is 11.5 Å². The fourth-order valence-corrected chi connectivity index (χ4v) is 1.76. The molecule has 1 aromatic rings. The number of benzene rings is 1. The van der Waals surface area contributed by atoms with Crippen molar-refractivity contribution >= 4 is 23.3 Å². The minimum absolute atomic E-state index is 0.142. The van der Waals surface area contributed by atoms with Gasteiger partial charge in [-0.2, -0.15) is 0 Å². The number of hydrogen-bond donors (Lipinski definition) is 2. The number of fused-ring (bicyclic) bond motifs is 1. The van der Waals surface area contributed by atoms with Crippen molar-refractivity contribution in [2.24, 2.45) is 0 Å². The topological polar surface area (TPSA) is 77.0 Å².